The predicted molar refractivity (Wildman–Crippen MR) is 78.2 cm³/mol. The summed E-state index contributed by atoms with van der Waals surface area (Å²) in [6.07, 6.45) is 1.82. The molecule has 3 rings (SSSR count). The van der Waals surface area contributed by atoms with Gasteiger partial charge < -0.3 is 10.4 Å². The van der Waals surface area contributed by atoms with Crippen LogP contribution in [0.15, 0.2) is 22.7 Å². The van der Waals surface area contributed by atoms with Gasteiger partial charge in [-0.15, -0.1) is 0 Å². The molecular weight excluding hydrogens is 322 g/mol. The van der Waals surface area contributed by atoms with Gasteiger partial charge in [0.2, 0.25) is 0 Å². The minimum Gasteiger partial charge on any atom is -0.375 e. The average molecular weight is 338 g/mol. The van der Waals surface area contributed by atoms with Crippen molar-refractivity contribution in [3.63, 3.8) is 0 Å². The first-order valence-electron chi connectivity index (χ1n) is 6.79. The second-order valence-electron chi connectivity index (χ2n) is 5.81. The second kappa shape index (κ2) is 4.67. The Morgan fingerprint density at radius 3 is 2.90 bits per heavy atom. The summed E-state index contributed by atoms with van der Waals surface area (Å²) in [5.41, 5.74) is -0.638. The summed E-state index contributed by atoms with van der Waals surface area (Å²) in [5, 5.41) is 13.7. The van der Waals surface area contributed by atoms with Crippen LogP contribution in [0.1, 0.15) is 31.7 Å². The molecule has 0 radical (unpaired) electrons. The summed E-state index contributed by atoms with van der Waals surface area (Å²) in [6.45, 7) is 2.05. The van der Waals surface area contributed by atoms with Gasteiger partial charge in [-0.1, -0.05) is 22.9 Å². The van der Waals surface area contributed by atoms with Gasteiger partial charge in [0.15, 0.2) is 5.60 Å². The molecule has 106 valence electrons. The molecule has 1 aliphatic heterocycles. The number of benzene rings is 1. The standard InChI is InChI=1S/C15H16BrNO3/c1-8-2-5-13(18)11(6-8)15(20)10-7-9(16)3-4-12(10)17-14(15)19/h3-4,7-8,11,20H,2,5-6H2,1H3,(H,17,19)/t8-,11-,15+/m1/s1. The van der Waals surface area contributed by atoms with Gasteiger partial charge in [0.05, 0.1) is 5.92 Å². The molecule has 1 aromatic rings. The number of aliphatic hydroxyl groups is 1. The molecule has 5 heteroatoms. The Morgan fingerprint density at radius 1 is 1.40 bits per heavy atom. The van der Waals surface area contributed by atoms with Crippen LogP contribution in [0.5, 0.6) is 0 Å². The van der Waals surface area contributed by atoms with E-state index in [0.717, 1.165) is 10.9 Å². The molecule has 3 atom stereocenters. The fourth-order valence-electron chi connectivity index (χ4n) is 3.24. The van der Waals surface area contributed by atoms with Crippen molar-refractivity contribution in [1.29, 1.82) is 0 Å². The molecule has 4 nitrogen and oxygen atoms in total. The molecule has 1 amide bonds. The number of ketones is 1. The van der Waals surface area contributed by atoms with Crippen LogP contribution < -0.4 is 5.32 Å². The number of carbonyl (C=O) groups is 2. The number of halogens is 1. The van der Waals surface area contributed by atoms with Gasteiger partial charge in [0.25, 0.3) is 5.91 Å². The maximum atomic E-state index is 12.3. The fourth-order valence-corrected chi connectivity index (χ4v) is 3.61. The van der Waals surface area contributed by atoms with Gasteiger partial charge in [0, 0.05) is 22.1 Å². The number of carbonyl (C=O) groups excluding carboxylic acids is 2. The Labute approximate surface area is 125 Å². The lowest BCUT2D eigenvalue weighted by atomic mass is 9.70. The zero-order valence-corrected chi connectivity index (χ0v) is 12.7. The van der Waals surface area contributed by atoms with Gasteiger partial charge in [-0.3, -0.25) is 9.59 Å². The zero-order valence-electron chi connectivity index (χ0n) is 11.1. The van der Waals surface area contributed by atoms with Gasteiger partial charge in [0.1, 0.15) is 5.78 Å². The van der Waals surface area contributed by atoms with E-state index in [2.05, 4.69) is 28.2 Å². The molecule has 1 fully saturated rings. The largest absolute Gasteiger partial charge is 0.375 e. The number of Topliss-reactive ketones (excluding diaryl/α,β-unsaturated/α-hetero) is 1. The van der Waals surface area contributed by atoms with Crippen molar-refractivity contribution in [2.75, 3.05) is 5.32 Å². The van der Waals surface area contributed by atoms with Crippen LogP contribution in [-0.2, 0) is 15.2 Å². The minimum atomic E-state index is -1.73. The van der Waals surface area contributed by atoms with Crippen molar-refractivity contribution in [2.45, 2.75) is 31.8 Å². The third-order valence-electron chi connectivity index (χ3n) is 4.40. The van der Waals surface area contributed by atoms with Gasteiger partial charge >= 0.3 is 0 Å². The van der Waals surface area contributed by atoms with E-state index in [1.807, 2.05) is 0 Å². The number of hydrogen-bond donors (Lipinski definition) is 2. The molecule has 1 aliphatic carbocycles. The zero-order chi connectivity index (χ0) is 14.5. The first-order chi connectivity index (χ1) is 9.42. The van der Waals surface area contributed by atoms with Gasteiger partial charge in [-0.05, 0) is 37.0 Å². The van der Waals surface area contributed by atoms with E-state index in [1.54, 1.807) is 18.2 Å². The van der Waals surface area contributed by atoms with E-state index >= 15 is 0 Å². The fraction of sp³-hybridized carbons (Fsp3) is 0.467. The Balaban J connectivity index is 2.09. The normalized spacial score (nSPS) is 33.0. The highest BCUT2D eigenvalue weighted by molar-refractivity contribution is 9.10. The molecule has 0 unspecified atom stereocenters. The molecule has 2 N–H and O–H groups in total. The molecule has 0 bridgehead atoms. The van der Waals surface area contributed by atoms with Crippen molar-refractivity contribution in [2.24, 2.45) is 11.8 Å². The molecule has 0 saturated heterocycles. The molecule has 0 spiro atoms. The van der Waals surface area contributed by atoms with E-state index in [-0.39, 0.29) is 5.78 Å². The summed E-state index contributed by atoms with van der Waals surface area (Å²) in [5.74, 6) is -0.820. The summed E-state index contributed by atoms with van der Waals surface area (Å²) in [7, 11) is 0. The maximum Gasteiger partial charge on any atom is 0.261 e. The number of fused-ring (bicyclic) bond motifs is 1. The van der Waals surface area contributed by atoms with Crippen LogP contribution in [0.2, 0.25) is 0 Å². The van der Waals surface area contributed by atoms with Crippen LogP contribution in [0.3, 0.4) is 0 Å². The quantitative estimate of drug-likeness (QED) is 0.827. The van der Waals surface area contributed by atoms with Crippen molar-refractivity contribution < 1.29 is 14.7 Å². The lowest BCUT2D eigenvalue weighted by molar-refractivity contribution is -0.151. The highest BCUT2D eigenvalue weighted by Crippen LogP contribution is 2.46. The molecule has 20 heavy (non-hydrogen) atoms. The Kier molecular flexibility index (Phi) is 3.21. The van der Waals surface area contributed by atoms with Crippen LogP contribution in [-0.4, -0.2) is 16.8 Å². The lowest BCUT2D eigenvalue weighted by Crippen LogP contribution is -2.47. The third-order valence-corrected chi connectivity index (χ3v) is 4.89. The van der Waals surface area contributed by atoms with E-state index in [4.69, 9.17) is 0 Å². The predicted octanol–water partition coefficient (Wildman–Crippen LogP) is 2.59. The van der Waals surface area contributed by atoms with E-state index in [0.29, 0.717) is 30.0 Å². The van der Waals surface area contributed by atoms with Gasteiger partial charge in [-0.2, -0.15) is 0 Å². The number of nitrogens with one attached hydrogen (secondary N) is 1. The highest BCUT2D eigenvalue weighted by atomic mass is 79.9. The maximum absolute atomic E-state index is 12.3. The van der Waals surface area contributed by atoms with Crippen LogP contribution in [0, 0.1) is 11.8 Å². The first kappa shape index (κ1) is 13.8. The van der Waals surface area contributed by atoms with Crippen molar-refractivity contribution in [3.8, 4) is 0 Å². The number of anilines is 1. The Bertz CT molecular complexity index is 601. The van der Waals surface area contributed by atoms with Crippen molar-refractivity contribution in [3.05, 3.63) is 28.2 Å². The van der Waals surface area contributed by atoms with Crippen molar-refractivity contribution in [1.82, 2.24) is 0 Å². The average Bonchev–Trinajstić information content (AvgIpc) is 2.66. The Morgan fingerprint density at radius 2 is 2.15 bits per heavy atom. The number of rotatable bonds is 1. The van der Waals surface area contributed by atoms with Crippen LogP contribution in [0.4, 0.5) is 5.69 Å². The molecule has 1 saturated carbocycles. The summed E-state index contributed by atoms with van der Waals surface area (Å²) < 4.78 is 0.780. The van der Waals surface area contributed by atoms with E-state index in [9.17, 15) is 14.7 Å². The molecule has 1 aromatic carbocycles. The first-order valence-corrected chi connectivity index (χ1v) is 7.58. The van der Waals surface area contributed by atoms with E-state index in [1.165, 1.54) is 0 Å². The number of amides is 1. The minimum absolute atomic E-state index is 0.0198. The highest BCUT2D eigenvalue weighted by Gasteiger charge is 2.54. The topological polar surface area (TPSA) is 66.4 Å². The molecule has 2 aliphatic rings. The van der Waals surface area contributed by atoms with Gasteiger partial charge in [-0.25, -0.2) is 0 Å². The summed E-state index contributed by atoms with van der Waals surface area (Å²) in [6, 6.07) is 5.27. The SMILES string of the molecule is C[C@@H]1CCC(=O)[C@H]([C@]2(O)C(=O)Nc3ccc(Br)cc32)C1. The Hall–Kier alpha value is -1.20. The second-order valence-corrected chi connectivity index (χ2v) is 6.72. The number of hydrogen-bond acceptors (Lipinski definition) is 3. The van der Waals surface area contributed by atoms with Crippen LogP contribution >= 0.6 is 15.9 Å². The molecular formula is C15H16BrNO3. The smallest absolute Gasteiger partial charge is 0.261 e. The van der Waals surface area contributed by atoms with E-state index < -0.39 is 17.4 Å². The summed E-state index contributed by atoms with van der Waals surface area (Å²) >= 11 is 3.35. The summed E-state index contributed by atoms with van der Waals surface area (Å²) in [4.78, 5) is 24.5. The monoisotopic (exact) mass is 337 g/mol. The third kappa shape index (κ3) is 1.91. The molecule has 1 heterocycles. The van der Waals surface area contributed by atoms with Crippen molar-refractivity contribution >= 4 is 33.3 Å². The molecule has 0 aromatic heterocycles. The lowest BCUT2D eigenvalue weighted by Gasteiger charge is -2.35. The van der Waals surface area contributed by atoms with Crippen LogP contribution in [0.25, 0.3) is 0 Å².